The van der Waals surface area contributed by atoms with Gasteiger partial charge in [-0.05, 0) is 53.3 Å². The first kappa shape index (κ1) is 26.7. The molecule has 1 fully saturated rings. The van der Waals surface area contributed by atoms with E-state index in [2.05, 4.69) is 37.8 Å². The first-order valence-electron chi connectivity index (χ1n) is 12.7. The van der Waals surface area contributed by atoms with Crippen LogP contribution in [0.25, 0.3) is 0 Å². The third-order valence-electron chi connectivity index (χ3n) is 6.91. The van der Waals surface area contributed by atoms with Gasteiger partial charge in [0.25, 0.3) is 5.91 Å². The van der Waals surface area contributed by atoms with Gasteiger partial charge >= 0.3 is 0 Å². The Morgan fingerprint density at radius 1 is 0.892 bits per heavy atom. The minimum absolute atomic E-state index is 0.00289. The van der Waals surface area contributed by atoms with Gasteiger partial charge in [-0.25, -0.2) is 8.42 Å². The molecule has 0 aromatic heterocycles. The van der Waals surface area contributed by atoms with Crippen molar-refractivity contribution in [3.63, 3.8) is 0 Å². The highest BCUT2D eigenvalue weighted by Crippen LogP contribution is 2.29. The first-order valence-corrected chi connectivity index (χ1v) is 14.3. The quantitative estimate of drug-likeness (QED) is 0.440. The molecule has 3 aromatic rings. The number of ether oxygens (including phenoxy) is 1. The molecule has 0 radical (unpaired) electrons. The van der Waals surface area contributed by atoms with Crippen LogP contribution in [-0.4, -0.2) is 58.3 Å². The molecule has 0 atom stereocenters. The molecule has 0 aliphatic carbocycles. The fraction of sp³-hybridized carbons (Fsp3) is 0.367. The summed E-state index contributed by atoms with van der Waals surface area (Å²) in [5.41, 5.74) is 3.67. The van der Waals surface area contributed by atoms with Gasteiger partial charge < -0.3 is 14.5 Å². The predicted octanol–water partition coefficient (Wildman–Crippen LogP) is 4.97. The third-order valence-corrected chi connectivity index (χ3v) is 8.63. The van der Waals surface area contributed by atoms with E-state index in [1.54, 1.807) is 30.2 Å². The summed E-state index contributed by atoms with van der Waals surface area (Å²) >= 11 is 0. The van der Waals surface area contributed by atoms with Gasteiger partial charge in [-0.3, -0.25) is 4.79 Å². The van der Waals surface area contributed by atoms with E-state index in [-0.39, 0.29) is 22.0 Å². The van der Waals surface area contributed by atoms with Crippen LogP contribution in [0, 0.1) is 0 Å². The summed E-state index contributed by atoms with van der Waals surface area (Å²) < 4.78 is 31.7. The Bertz CT molecular complexity index is 1340. The van der Waals surface area contributed by atoms with Gasteiger partial charge in [0.1, 0.15) is 5.75 Å². The zero-order valence-corrected chi connectivity index (χ0v) is 22.9. The SMILES string of the molecule is COc1ccccc1N1CCN(C(=O)c2cccc(S(=O)(=O)CCc3ccc(C(C)(C)C)cc3)c2)CC1. The van der Waals surface area contributed by atoms with Crippen LogP contribution in [0.1, 0.15) is 42.3 Å². The first-order chi connectivity index (χ1) is 17.6. The molecular formula is C30H36N2O4S. The average Bonchev–Trinajstić information content (AvgIpc) is 2.91. The van der Waals surface area contributed by atoms with Crippen LogP contribution in [0.15, 0.2) is 77.7 Å². The van der Waals surface area contributed by atoms with Crippen molar-refractivity contribution in [2.45, 2.75) is 37.5 Å². The molecule has 1 amide bonds. The van der Waals surface area contributed by atoms with Crippen molar-refractivity contribution < 1.29 is 17.9 Å². The number of anilines is 1. The molecule has 1 aliphatic heterocycles. The third kappa shape index (κ3) is 6.34. The van der Waals surface area contributed by atoms with Gasteiger partial charge in [0.15, 0.2) is 9.84 Å². The number of para-hydroxylation sites is 2. The Morgan fingerprint density at radius 2 is 1.57 bits per heavy atom. The van der Waals surface area contributed by atoms with Crippen LogP contribution >= 0.6 is 0 Å². The lowest BCUT2D eigenvalue weighted by Gasteiger charge is -2.36. The molecule has 0 bridgehead atoms. The van der Waals surface area contributed by atoms with Crippen LogP contribution in [0.5, 0.6) is 5.75 Å². The molecule has 4 rings (SSSR count). The maximum atomic E-state index is 13.2. The molecule has 0 N–H and O–H groups in total. The second kappa shape index (κ2) is 11.0. The number of benzene rings is 3. The number of hydrogen-bond donors (Lipinski definition) is 0. The zero-order valence-electron chi connectivity index (χ0n) is 22.1. The maximum absolute atomic E-state index is 13.2. The summed E-state index contributed by atoms with van der Waals surface area (Å²) in [7, 11) is -1.87. The zero-order chi connectivity index (χ0) is 26.6. The van der Waals surface area contributed by atoms with Crippen LogP contribution in [0.4, 0.5) is 5.69 Å². The minimum Gasteiger partial charge on any atom is -0.495 e. The van der Waals surface area contributed by atoms with Gasteiger partial charge in [-0.2, -0.15) is 0 Å². The minimum atomic E-state index is -3.53. The molecule has 0 saturated carbocycles. The molecule has 0 unspecified atom stereocenters. The van der Waals surface area contributed by atoms with E-state index >= 15 is 0 Å². The molecule has 3 aromatic carbocycles. The highest BCUT2D eigenvalue weighted by atomic mass is 32.2. The molecule has 1 heterocycles. The average molecular weight is 521 g/mol. The predicted molar refractivity (Wildman–Crippen MR) is 148 cm³/mol. The van der Waals surface area contributed by atoms with Crippen molar-refractivity contribution in [2.24, 2.45) is 0 Å². The van der Waals surface area contributed by atoms with Crippen molar-refractivity contribution in [3.8, 4) is 5.75 Å². The van der Waals surface area contributed by atoms with Gasteiger partial charge in [-0.15, -0.1) is 0 Å². The summed E-state index contributed by atoms with van der Waals surface area (Å²) in [4.78, 5) is 17.4. The van der Waals surface area contributed by atoms with Gasteiger partial charge in [0.05, 0.1) is 23.4 Å². The normalized spacial score (nSPS) is 14.5. The van der Waals surface area contributed by atoms with Crippen LogP contribution < -0.4 is 9.64 Å². The van der Waals surface area contributed by atoms with E-state index in [1.807, 2.05) is 36.4 Å². The number of carbonyl (C=O) groups is 1. The highest BCUT2D eigenvalue weighted by Gasteiger charge is 2.25. The second-order valence-electron chi connectivity index (χ2n) is 10.5. The Hall–Kier alpha value is -3.32. The number of nitrogens with zero attached hydrogens (tertiary/aromatic N) is 2. The van der Waals surface area contributed by atoms with E-state index in [4.69, 9.17) is 4.74 Å². The largest absolute Gasteiger partial charge is 0.495 e. The summed E-state index contributed by atoms with van der Waals surface area (Å²) in [6.07, 6.45) is 0.426. The fourth-order valence-corrected chi connectivity index (χ4v) is 5.92. The van der Waals surface area contributed by atoms with Crippen molar-refractivity contribution >= 4 is 21.4 Å². The summed E-state index contributed by atoms with van der Waals surface area (Å²) in [5.74, 6) is 0.664. The van der Waals surface area contributed by atoms with E-state index < -0.39 is 9.84 Å². The van der Waals surface area contributed by atoms with E-state index in [0.717, 1.165) is 17.0 Å². The van der Waals surface area contributed by atoms with E-state index in [1.165, 1.54) is 11.6 Å². The molecule has 7 heteroatoms. The standard InChI is InChI=1S/C30H36N2O4S/c1-30(2,3)25-14-12-23(13-15-25)16-21-37(34,35)26-9-7-8-24(22-26)29(33)32-19-17-31(18-20-32)27-10-5-6-11-28(27)36-4/h5-15,22H,16-21H2,1-4H3. The number of hydrogen-bond acceptors (Lipinski definition) is 5. The van der Waals surface area contributed by atoms with Crippen molar-refractivity contribution in [3.05, 3.63) is 89.5 Å². The number of sulfone groups is 1. The molecule has 196 valence electrons. The lowest BCUT2D eigenvalue weighted by molar-refractivity contribution is 0.0746. The van der Waals surface area contributed by atoms with E-state index in [0.29, 0.717) is 38.2 Å². The summed E-state index contributed by atoms with van der Waals surface area (Å²) in [6, 6.07) is 22.4. The van der Waals surface area contributed by atoms with Gasteiger partial charge in [0.2, 0.25) is 0 Å². The summed E-state index contributed by atoms with van der Waals surface area (Å²) in [6.45, 7) is 8.93. The molecule has 37 heavy (non-hydrogen) atoms. The van der Waals surface area contributed by atoms with Crippen molar-refractivity contribution in [1.29, 1.82) is 0 Å². The highest BCUT2D eigenvalue weighted by molar-refractivity contribution is 7.91. The summed E-state index contributed by atoms with van der Waals surface area (Å²) in [5, 5.41) is 0. The molecule has 0 spiro atoms. The molecule has 1 saturated heterocycles. The Kier molecular flexibility index (Phi) is 7.93. The number of piperazine rings is 1. The Labute approximate surface area is 220 Å². The number of carbonyl (C=O) groups excluding carboxylic acids is 1. The molecule has 6 nitrogen and oxygen atoms in total. The maximum Gasteiger partial charge on any atom is 0.254 e. The van der Waals surface area contributed by atoms with Crippen molar-refractivity contribution in [2.75, 3.05) is 43.9 Å². The smallest absolute Gasteiger partial charge is 0.254 e. The molecular weight excluding hydrogens is 484 g/mol. The topological polar surface area (TPSA) is 66.9 Å². The van der Waals surface area contributed by atoms with Gasteiger partial charge in [-0.1, -0.05) is 63.2 Å². The van der Waals surface area contributed by atoms with E-state index in [9.17, 15) is 13.2 Å². The Morgan fingerprint density at radius 3 is 2.22 bits per heavy atom. The van der Waals surface area contributed by atoms with Gasteiger partial charge in [0, 0.05) is 31.7 Å². The van der Waals surface area contributed by atoms with Crippen molar-refractivity contribution in [1.82, 2.24) is 4.90 Å². The number of aryl methyl sites for hydroxylation is 1. The van der Waals surface area contributed by atoms with Crippen LogP contribution in [-0.2, 0) is 21.7 Å². The second-order valence-corrected chi connectivity index (χ2v) is 12.6. The fourth-order valence-electron chi connectivity index (χ4n) is 4.59. The number of methoxy groups -OCH3 is 1. The monoisotopic (exact) mass is 520 g/mol. The lowest BCUT2D eigenvalue weighted by Crippen LogP contribution is -2.48. The Balaban J connectivity index is 1.39. The number of amides is 1. The number of rotatable bonds is 7. The molecule has 1 aliphatic rings. The lowest BCUT2D eigenvalue weighted by atomic mass is 9.86. The van der Waals surface area contributed by atoms with Crippen LogP contribution in [0.2, 0.25) is 0 Å². The van der Waals surface area contributed by atoms with Crippen LogP contribution in [0.3, 0.4) is 0 Å².